The summed E-state index contributed by atoms with van der Waals surface area (Å²) in [5.41, 5.74) is 11.5. The number of hydrogen-bond acceptors (Lipinski definition) is 2. The minimum Gasteiger partial charge on any atom is -0.327 e. The van der Waals surface area contributed by atoms with Crippen LogP contribution in [0, 0.1) is 5.41 Å². The summed E-state index contributed by atoms with van der Waals surface area (Å²) < 4.78 is 0. The first-order valence-electron chi connectivity index (χ1n) is 3.74. The molecular weight excluding hydrogens is 378 g/mol. The molecule has 0 fully saturated rings. The fraction of sp³-hybridized carbons (Fsp3) is 1.00. The van der Waals surface area contributed by atoms with Gasteiger partial charge in [-0.25, -0.2) is 0 Å². The van der Waals surface area contributed by atoms with Crippen molar-refractivity contribution in [1.29, 1.82) is 0 Å². The van der Waals surface area contributed by atoms with Gasteiger partial charge in [-0.1, -0.05) is 13.8 Å². The van der Waals surface area contributed by atoms with Gasteiger partial charge in [0.05, 0.1) is 0 Å². The third-order valence-corrected chi connectivity index (χ3v) is 2.80. The molecule has 0 amide bonds. The van der Waals surface area contributed by atoms with Crippen LogP contribution in [0.5, 0.6) is 0 Å². The van der Waals surface area contributed by atoms with Crippen LogP contribution in [0.2, 0.25) is 0 Å². The fourth-order valence-electron chi connectivity index (χ4n) is 0.587. The maximum Gasteiger partial charge on any atom is 0.0163 e. The summed E-state index contributed by atoms with van der Waals surface area (Å²) in [5.74, 6) is 0. The van der Waals surface area contributed by atoms with E-state index in [0.29, 0.717) is 0 Å². The first kappa shape index (κ1) is 19.0. The van der Waals surface area contributed by atoms with E-state index in [-0.39, 0.29) is 64.9 Å². The third kappa shape index (κ3) is 4.57. The van der Waals surface area contributed by atoms with Crippen molar-refractivity contribution < 1.29 is 0 Å². The van der Waals surface area contributed by atoms with Gasteiger partial charge in [0.1, 0.15) is 0 Å². The molecule has 2 nitrogen and oxygen atoms in total. The van der Waals surface area contributed by atoms with Gasteiger partial charge in [-0.05, 0) is 26.2 Å². The summed E-state index contributed by atoms with van der Waals surface area (Å²) in [7, 11) is 0. The number of hydrogen-bond donors (Lipinski definition) is 2. The van der Waals surface area contributed by atoms with Crippen LogP contribution in [0.25, 0.3) is 0 Å². The standard InChI is InChI=1S/C8H20N2.2HI/c1-6(9)7(2,3)8(4,5)10;;/h6H,9-10H2,1-5H3;2*1H. The van der Waals surface area contributed by atoms with Crippen LogP contribution < -0.4 is 11.5 Å². The normalized spacial score (nSPS) is 14.2. The number of rotatable bonds is 2. The van der Waals surface area contributed by atoms with Crippen molar-refractivity contribution in [3.63, 3.8) is 0 Å². The van der Waals surface area contributed by atoms with Crippen LogP contribution in [0.4, 0.5) is 0 Å². The largest absolute Gasteiger partial charge is 0.327 e. The molecule has 0 aromatic carbocycles. The van der Waals surface area contributed by atoms with E-state index in [1.54, 1.807) is 0 Å². The molecule has 0 aliphatic carbocycles. The highest BCUT2D eigenvalue weighted by Crippen LogP contribution is 2.30. The van der Waals surface area contributed by atoms with E-state index in [2.05, 4.69) is 13.8 Å². The molecule has 0 saturated carbocycles. The van der Waals surface area contributed by atoms with Crippen molar-refractivity contribution in [3.05, 3.63) is 0 Å². The lowest BCUT2D eigenvalue weighted by Gasteiger charge is -2.41. The molecule has 4 heteroatoms. The van der Waals surface area contributed by atoms with E-state index < -0.39 is 0 Å². The minimum absolute atomic E-state index is 0. The third-order valence-electron chi connectivity index (χ3n) is 2.80. The van der Waals surface area contributed by atoms with Crippen molar-refractivity contribution >= 4 is 48.0 Å². The highest BCUT2D eigenvalue weighted by molar-refractivity contribution is 14.0. The SMILES string of the molecule is CC(N)C(C)(C)C(C)(C)N.I.I. The molecule has 0 aliphatic rings. The van der Waals surface area contributed by atoms with Crippen molar-refractivity contribution in [3.8, 4) is 0 Å². The Morgan fingerprint density at radius 1 is 1.00 bits per heavy atom. The zero-order valence-corrected chi connectivity index (χ0v) is 13.2. The predicted molar refractivity (Wildman–Crippen MR) is 76.5 cm³/mol. The average Bonchev–Trinajstić information content (AvgIpc) is 1.62. The molecule has 0 bridgehead atoms. The fourth-order valence-corrected chi connectivity index (χ4v) is 0.587. The Balaban J connectivity index is -0.000000405. The maximum absolute atomic E-state index is 5.93. The molecule has 78 valence electrons. The first-order chi connectivity index (χ1) is 4.19. The van der Waals surface area contributed by atoms with E-state index in [0.717, 1.165) is 0 Å². The van der Waals surface area contributed by atoms with Gasteiger partial charge in [0.2, 0.25) is 0 Å². The summed E-state index contributed by atoms with van der Waals surface area (Å²) >= 11 is 0. The van der Waals surface area contributed by atoms with Gasteiger partial charge in [-0.15, -0.1) is 48.0 Å². The van der Waals surface area contributed by atoms with E-state index in [1.807, 2.05) is 20.8 Å². The molecule has 0 aromatic heterocycles. The lowest BCUT2D eigenvalue weighted by Crippen LogP contribution is -2.55. The molecule has 0 saturated heterocycles. The Bertz CT molecular complexity index is 117. The second kappa shape index (κ2) is 5.98. The zero-order chi connectivity index (χ0) is 8.58. The van der Waals surface area contributed by atoms with Gasteiger partial charge in [-0.3, -0.25) is 0 Å². The monoisotopic (exact) mass is 400 g/mol. The second-order valence-electron chi connectivity index (χ2n) is 4.23. The zero-order valence-electron chi connectivity index (χ0n) is 8.55. The van der Waals surface area contributed by atoms with Gasteiger partial charge < -0.3 is 11.5 Å². The Hall–Kier alpha value is 1.38. The topological polar surface area (TPSA) is 52.0 Å². The summed E-state index contributed by atoms with van der Waals surface area (Å²) in [6.45, 7) is 10.2. The smallest absolute Gasteiger partial charge is 0.0163 e. The van der Waals surface area contributed by atoms with Gasteiger partial charge in [-0.2, -0.15) is 0 Å². The van der Waals surface area contributed by atoms with E-state index in [1.165, 1.54) is 0 Å². The van der Waals surface area contributed by atoms with Gasteiger partial charge in [0.25, 0.3) is 0 Å². The van der Waals surface area contributed by atoms with Crippen LogP contribution in [-0.4, -0.2) is 11.6 Å². The van der Waals surface area contributed by atoms with Crippen LogP contribution in [-0.2, 0) is 0 Å². The van der Waals surface area contributed by atoms with Crippen LogP contribution >= 0.6 is 48.0 Å². The lowest BCUT2D eigenvalue weighted by molar-refractivity contribution is 0.166. The molecule has 1 unspecified atom stereocenters. The number of nitrogens with two attached hydrogens (primary N) is 2. The predicted octanol–water partition coefficient (Wildman–Crippen LogP) is 2.33. The molecule has 4 N–H and O–H groups in total. The van der Waals surface area contributed by atoms with Crippen molar-refractivity contribution in [1.82, 2.24) is 0 Å². The van der Waals surface area contributed by atoms with Crippen molar-refractivity contribution in [2.75, 3.05) is 0 Å². The first-order valence-corrected chi connectivity index (χ1v) is 3.74. The van der Waals surface area contributed by atoms with Gasteiger partial charge in [0.15, 0.2) is 0 Å². The highest BCUT2D eigenvalue weighted by atomic mass is 127. The Kier molecular flexibility index (Phi) is 9.48. The Morgan fingerprint density at radius 3 is 1.25 bits per heavy atom. The summed E-state index contributed by atoms with van der Waals surface area (Å²) in [6, 6.07) is 0.132. The van der Waals surface area contributed by atoms with Crippen LogP contribution in [0.1, 0.15) is 34.6 Å². The molecule has 0 aromatic rings. The summed E-state index contributed by atoms with van der Waals surface area (Å²) in [4.78, 5) is 0. The highest BCUT2D eigenvalue weighted by Gasteiger charge is 2.36. The van der Waals surface area contributed by atoms with Crippen molar-refractivity contribution in [2.45, 2.75) is 46.2 Å². The van der Waals surface area contributed by atoms with Gasteiger partial charge in [0, 0.05) is 11.6 Å². The molecule has 1 atom stereocenters. The maximum atomic E-state index is 5.93. The molecule has 0 heterocycles. The van der Waals surface area contributed by atoms with Crippen molar-refractivity contribution in [2.24, 2.45) is 16.9 Å². The van der Waals surface area contributed by atoms with Gasteiger partial charge >= 0.3 is 0 Å². The molecule has 0 rings (SSSR count). The molecule has 12 heavy (non-hydrogen) atoms. The van der Waals surface area contributed by atoms with E-state index in [4.69, 9.17) is 11.5 Å². The molecule has 0 radical (unpaired) electrons. The molecule has 0 spiro atoms. The minimum atomic E-state index is -0.207. The molecular formula is C8H22I2N2. The second-order valence-corrected chi connectivity index (χ2v) is 4.23. The lowest BCUT2D eigenvalue weighted by atomic mass is 9.71. The van der Waals surface area contributed by atoms with Crippen LogP contribution in [0.15, 0.2) is 0 Å². The summed E-state index contributed by atoms with van der Waals surface area (Å²) in [5, 5.41) is 0. The Labute approximate surface area is 110 Å². The van der Waals surface area contributed by atoms with Crippen LogP contribution in [0.3, 0.4) is 0 Å². The number of halogens is 2. The summed E-state index contributed by atoms with van der Waals surface area (Å²) in [6.07, 6.45) is 0. The quantitative estimate of drug-likeness (QED) is 0.700. The van der Waals surface area contributed by atoms with E-state index >= 15 is 0 Å². The molecule has 0 aliphatic heterocycles. The Morgan fingerprint density at radius 2 is 1.25 bits per heavy atom. The van der Waals surface area contributed by atoms with E-state index in [9.17, 15) is 0 Å². The average molecular weight is 400 g/mol.